The summed E-state index contributed by atoms with van der Waals surface area (Å²) in [6, 6.07) is 13.4. The molecule has 0 aliphatic heterocycles. The summed E-state index contributed by atoms with van der Waals surface area (Å²) in [6.07, 6.45) is 1.81. The Morgan fingerprint density at radius 1 is 1.12 bits per heavy atom. The summed E-state index contributed by atoms with van der Waals surface area (Å²) in [5, 5.41) is 2.81. The van der Waals surface area contributed by atoms with Gasteiger partial charge in [0.25, 0.3) is 0 Å². The minimum atomic E-state index is -3.78. The molecule has 0 aliphatic rings. The molecule has 0 fully saturated rings. The molecule has 2 aromatic carbocycles. The van der Waals surface area contributed by atoms with Crippen molar-refractivity contribution in [3.05, 3.63) is 59.7 Å². The average molecular weight is 476 g/mol. The fraction of sp³-hybridized carbons (Fsp3) is 0.417. The monoisotopic (exact) mass is 475 g/mol. The zero-order chi connectivity index (χ0) is 24.6. The van der Waals surface area contributed by atoms with Gasteiger partial charge >= 0.3 is 0 Å². The third kappa shape index (κ3) is 7.49. The van der Waals surface area contributed by atoms with E-state index in [1.807, 2.05) is 38.1 Å². The molecule has 2 rings (SSSR count). The second-order valence-corrected chi connectivity index (χ2v) is 9.85. The van der Waals surface area contributed by atoms with Gasteiger partial charge in [0.2, 0.25) is 21.8 Å². The van der Waals surface area contributed by atoms with Crippen LogP contribution in [0.3, 0.4) is 0 Å². The van der Waals surface area contributed by atoms with Crippen molar-refractivity contribution in [1.29, 1.82) is 0 Å². The van der Waals surface area contributed by atoms with Crippen molar-refractivity contribution in [2.45, 2.75) is 39.8 Å². The van der Waals surface area contributed by atoms with Crippen molar-refractivity contribution in [2.75, 3.05) is 30.8 Å². The lowest BCUT2D eigenvalue weighted by Crippen LogP contribution is -2.51. The van der Waals surface area contributed by atoms with Gasteiger partial charge in [0.15, 0.2) is 0 Å². The van der Waals surface area contributed by atoms with Crippen molar-refractivity contribution in [3.8, 4) is 5.75 Å². The normalized spacial score (nSPS) is 12.0. The maximum atomic E-state index is 13.4. The highest BCUT2D eigenvalue weighted by atomic mass is 32.2. The quantitative estimate of drug-likeness (QED) is 0.539. The largest absolute Gasteiger partial charge is 0.497 e. The van der Waals surface area contributed by atoms with Crippen molar-refractivity contribution < 1.29 is 22.7 Å². The van der Waals surface area contributed by atoms with Crippen LogP contribution >= 0.6 is 0 Å². The standard InChI is InChI=1S/C24H33N3O5S/c1-6-14-25-24(29)19(3)26(16-20-12-10-18(2)11-13-20)23(28)17-27(33(5,30)31)21-8-7-9-22(15-21)32-4/h7-13,15,19H,6,14,16-17H2,1-5H3,(H,25,29). The number of carbonyl (C=O) groups excluding carboxylic acids is 2. The van der Waals surface area contributed by atoms with E-state index in [0.717, 1.165) is 28.1 Å². The Hall–Kier alpha value is -3.07. The minimum absolute atomic E-state index is 0.176. The lowest BCUT2D eigenvalue weighted by Gasteiger charge is -2.31. The Morgan fingerprint density at radius 3 is 2.36 bits per heavy atom. The second-order valence-electron chi connectivity index (χ2n) is 7.95. The Balaban J connectivity index is 2.37. The molecule has 0 bridgehead atoms. The lowest BCUT2D eigenvalue weighted by atomic mass is 10.1. The van der Waals surface area contributed by atoms with E-state index in [2.05, 4.69) is 5.32 Å². The highest BCUT2D eigenvalue weighted by molar-refractivity contribution is 7.92. The lowest BCUT2D eigenvalue weighted by molar-refractivity contribution is -0.139. The Bertz CT molecular complexity index is 1050. The summed E-state index contributed by atoms with van der Waals surface area (Å²) in [5.74, 6) is -0.301. The number of methoxy groups -OCH3 is 1. The van der Waals surface area contributed by atoms with E-state index in [4.69, 9.17) is 4.74 Å². The molecule has 0 heterocycles. The fourth-order valence-electron chi connectivity index (χ4n) is 3.25. The van der Waals surface area contributed by atoms with Crippen LogP contribution < -0.4 is 14.4 Å². The summed E-state index contributed by atoms with van der Waals surface area (Å²) in [5.41, 5.74) is 2.23. The van der Waals surface area contributed by atoms with Crippen molar-refractivity contribution in [2.24, 2.45) is 0 Å². The molecule has 0 saturated heterocycles. The van der Waals surface area contributed by atoms with Gasteiger partial charge in [0.1, 0.15) is 18.3 Å². The van der Waals surface area contributed by atoms with E-state index in [-0.39, 0.29) is 12.5 Å². The number of carbonyl (C=O) groups is 2. The van der Waals surface area contributed by atoms with E-state index < -0.39 is 28.5 Å². The van der Waals surface area contributed by atoms with Gasteiger partial charge in [-0.25, -0.2) is 8.42 Å². The van der Waals surface area contributed by atoms with Gasteiger partial charge in [-0.05, 0) is 38.0 Å². The van der Waals surface area contributed by atoms with Crippen molar-refractivity contribution >= 4 is 27.5 Å². The number of nitrogens with zero attached hydrogens (tertiary/aromatic N) is 2. The molecule has 1 unspecified atom stereocenters. The predicted molar refractivity (Wildman–Crippen MR) is 130 cm³/mol. The Labute approximate surface area is 196 Å². The summed E-state index contributed by atoms with van der Waals surface area (Å²) < 4.78 is 31.4. The summed E-state index contributed by atoms with van der Waals surface area (Å²) >= 11 is 0. The van der Waals surface area contributed by atoms with Gasteiger partial charge in [0.05, 0.1) is 19.1 Å². The number of benzene rings is 2. The van der Waals surface area contributed by atoms with Gasteiger partial charge in [-0.2, -0.15) is 0 Å². The number of rotatable bonds is 11. The van der Waals surface area contributed by atoms with E-state index in [1.54, 1.807) is 31.2 Å². The van der Waals surface area contributed by atoms with Gasteiger partial charge in [-0.15, -0.1) is 0 Å². The average Bonchev–Trinajstić information content (AvgIpc) is 2.79. The molecular weight excluding hydrogens is 442 g/mol. The molecule has 0 spiro atoms. The molecule has 1 atom stereocenters. The fourth-order valence-corrected chi connectivity index (χ4v) is 4.09. The van der Waals surface area contributed by atoms with Crippen molar-refractivity contribution in [3.63, 3.8) is 0 Å². The van der Waals surface area contributed by atoms with E-state index in [1.165, 1.54) is 12.0 Å². The number of hydrogen-bond donors (Lipinski definition) is 1. The molecule has 0 aromatic heterocycles. The summed E-state index contributed by atoms with van der Waals surface area (Å²) in [6.45, 7) is 5.78. The van der Waals surface area contributed by atoms with E-state index in [0.29, 0.717) is 18.0 Å². The van der Waals surface area contributed by atoms with Gasteiger partial charge in [-0.3, -0.25) is 13.9 Å². The summed E-state index contributed by atoms with van der Waals surface area (Å²) in [7, 11) is -2.30. The number of hydrogen-bond acceptors (Lipinski definition) is 5. The minimum Gasteiger partial charge on any atom is -0.497 e. The van der Waals surface area contributed by atoms with Crippen LogP contribution in [0.15, 0.2) is 48.5 Å². The van der Waals surface area contributed by atoms with Crippen LogP contribution in [0, 0.1) is 6.92 Å². The van der Waals surface area contributed by atoms with Gasteiger partial charge < -0.3 is 15.0 Å². The van der Waals surface area contributed by atoms with Crippen LogP contribution in [-0.2, 0) is 26.2 Å². The molecule has 0 saturated carbocycles. The molecule has 33 heavy (non-hydrogen) atoms. The van der Waals surface area contributed by atoms with Crippen LogP contribution in [0.1, 0.15) is 31.4 Å². The number of ether oxygens (including phenoxy) is 1. The number of nitrogens with one attached hydrogen (secondary N) is 1. The summed E-state index contributed by atoms with van der Waals surface area (Å²) in [4.78, 5) is 27.5. The highest BCUT2D eigenvalue weighted by Gasteiger charge is 2.30. The highest BCUT2D eigenvalue weighted by Crippen LogP contribution is 2.23. The first-order chi connectivity index (χ1) is 15.6. The van der Waals surface area contributed by atoms with Crippen LogP contribution in [0.2, 0.25) is 0 Å². The first-order valence-electron chi connectivity index (χ1n) is 10.8. The molecule has 0 aliphatic carbocycles. The molecule has 9 heteroatoms. The van der Waals surface area contributed by atoms with E-state index in [9.17, 15) is 18.0 Å². The molecule has 1 N–H and O–H groups in total. The van der Waals surface area contributed by atoms with Crippen LogP contribution in [0.4, 0.5) is 5.69 Å². The van der Waals surface area contributed by atoms with Crippen molar-refractivity contribution in [1.82, 2.24) is 10.2 Å². The molecule has 180 valence electrons. The number of aryl methyl sites for hydroxylation is 1. The predicted octanol–water partition coefficient (Wildman–Crippen LogP) is 2.71. The Kier molecular flexibility index (Phi) is 9.28. The molecular formula is C24H33N3O5S. The molecule has 8 nitrogen and oxygen atoms in total. The smallest absolute Gasteiger partial charge is 0.244 e. The zero-order valence-electron chi connectivity index (χ0n) is 19.9. The topological polar surface area (TPSA) is 96.0 Å². The Morgan fingerprint density at radius 2 is 1.79 bits per heavy atom. The van der Waals surface area contributed by atoms with E-state index >= 15 is 0 Å². The van der Waals surface area contributed by atoms with Gasteiger partial charge in [-0.1, -0.05) is 42.8 Å². The molecule has 2 aromatic rings. The first kappa shape index (κ1) is 26.2. The number of amides is 2. The molecule has 0 radical (unpaired) electrons. The first-order valence-corrected chi connectivity index (χ1v) is 12.7. The van der Waals surface area contributed by atoms with Gasteiger partial charge in [0, 0.05) is 19.2 Å². The third-order valence-electron chi connectivity index (χ3n) is 5.21. The number of anilines is 1. The third-order valence-corrected chi connectivity index (χ3v) is 6.35. The number of sulfonamides is 1. The maximum Gasteiger partial charge on any atom is 0.244 e. The zero-order valence-corrected chi connectivity index (χ0v) is 20.7. The van der Waals surface area contributed by atoms with Crippen LogP contribution in [-0.4, -0.2) is 57.6 Å². The second kappa shape index (κ2) is 11.7. The SMILES string of the molecule is CCCNC(=O)C(C)N(Cc1ccc(C)cc1)C(=O)CN(c1cccc(OC)c1)S(C)(=O)=O. The van der Waals surface area contributed by atoms with Crippen LogP contribution in [0.25, 0.3) is 0 Å². The molecule has 2 amide bonds. The maximum absolute atomic E-state index is 13.4. The van der Waals surface area contributed by atoms with Crippen LogP contribution in [0.5, 0.6) is 5.75 Å².